The van der Waals surface area contributed by atoms with Gasteiger partial charge in [-0.2, -0.15) is 10.2 Å². The first-order valence-corrected chi connectivity index (χ1v) is 3.13. The molecular formula is C6H8N2O. The van der Waals surface area contributed by atoms with Gasteiger partial charge in [-0.1, -0.05) is 0 Å². The van der Waals surface area contributed by atoms with E-state index in [0.29, 0.717) is 6.04 Å². The largest absolute Gasteiger partial charge is 0.377 e. The lowest BCUT2D eigenvalue weighted by atomic mass is 10.1. The average Bonchev–Trinajstić information content (AvgIpc) is 2.33. The van der Waals surface area contributed by atoms with Crippen LogP contribution in [0.4, 0.5) is 0 Å². The fourth-order valence-electron chi connectivity index (χ4n) is 1.11. The summed E-state index contributed by atoms with van der Waals surface area (Å²) in [5.41, 5.74) is 1.24. The number of nitrogens with zero attached hydrogens (tertiary/aromatic N) is 2. The van der Waals surface area contributed by atoms with Crippen molar-refractivity contribution in [2.45, 2.75) is 12.5 Å². The van der Waals surface area contributed by atoms with Gasteiger partial charge in [0.25, 0.3) is 0 Å². The summed E-state index contributed by atoms with van der Waals surface area (Å²) in [4.78, 5) is 0. The minimum absolute atomic E-state index is 0.360. The lowest BCUT2D eigenvalue weighted by molar-refractivity contribution is 0.123. The van der Waals surface area contributed by atoms with Gasteiger partial charge < -0.3 is 4.74 Å². The molecule has 0 N–H and O–H groups in total. The Balaban J connectivity index is 2.16. The van der Waals surface area contributed by atoms with E-state index >= 15 is 0 Å². The van der Waals surface area contributed by atoms with Crippen molar-refractivity contribution in [2.75, 3.05) is 13.2 Å². The monoisotopic (exact) mass is 124 g/mol. The molecule has 3 nitrogen and oxygen atoms in total. The zero-order chi connectivity index (χ0) is 6.10. The predicted octanol–water partition coefficient (Wildman–Crippen LogP) is 1.12. The number of hydrogen-bond donors (Lipinski definition) is 0. The van der Waals surface area contributed by atoms with Crippen molar-refractivity contribution >= 4 is 0 Å². The first-order chi connectivity index (χ1) is 4.47. The third-order valence-electron chi connectivity index (χ3n) is 1.66. The second-order valence-electron chi connectivity index (χ2n) is 2.29. The molecular weight excluding hydrogens is 116 g/mol. The number of hydrogen-bond acceptors (Lipinski definition) is 3. The molecule has 48 valence electrons. The van der Waals surface area contributed by atoms with Crippen molar-refractivity contribution in [3.05, 3.63) is 11.8 Å². The first-order valence-electron chi connectivity index (χ1n) is 3.13. The summed E-state index contributed by atoms with van der Waals surface area (Å²) in [5.74, 6) is 0. The van der Waals surface area contributed by atoms with E-state index in [1.54, 1.807) is 0 Å². The highest BCUT2D eigenvalue weighted by molar-refractivity contribution is 5.15. The van der Waals surface area contributed by atoms with Gasteiger partial charge in [0.05, 0.1) is 18.8 Å². The van der Waals surface area contributed by atoms with E-state index in [-0.39, 0.29) is 0 Å². The average molecular weight is 124 g/mol. The molecule has 0 amide bonds. The molecule has 2 aliphatic heterocycles. The molecule has 0 spiro atoms. The third-order valence-corrected chi connectivity index (χ3v) is 1.66. The minimum Gasteiger partial charge on any atom is -0.377 e. The molecule has 3 heteroatoms. The van der Waals surface area contributed by atoms with Crippen LogP contribution in [-0.4, -0.2) is 19.3 Å². The molecule has 1 fully saturated rings. The van der Waals surface area contributed by atoms with Crippen molar-refractivity contribution in [1.82, 2.24) is 0 Å². The van der Waals surface area contributed by atoms with Crippen LogP contribution in [-0.2, 0) is 4.74 Å². The van der Waals surface area contributed by atoms with Gasteiger partial charge in [0, 0.05) is 12.2 Å². The maximum absolute atomic E-state index is 5.20. The summed E-state index contributed by atoms with van der Waals surface area (Å²) < 4.78 is 5.20. The van der Waals surface area contributed by atoms with E-state index in [4.69, 9.17) is 4.74 Å². The Morgan fingerprint density at radius 1 is 1.67 bits per heavy atom. The van der Waals surface area contributed by atoms with Gasteiger partial charge in [-0.25, -0.2) is 0 Å². The van der Waals surface area contributed by atoms with Crippen LogP contribution in [0.15, 0.2) is 22.0 Å². The summed E-state index contributed by atoms with van der Waals surface area (Å²) in [5, 5.41) is 7.82. The highest BCUT2D eigenvalue weighted by atomic mass is 16.5. The molecule has 2 aliphatic rings. The summed E-state index contributed by atoms with van der Waals surface area (Å²) >= 11 is 0. The second kappa shape index (κ2) is 1.92. The lowest BCUT2D eigenvalue weighted by Crippen LogP contribution is -2.19. The fourth-order valence-corrected chi connectivity index (χ4v) is 1.11. The first kappa shape index (κ1) is 5.11. The van der Waals surface area contributed by atoms with E-state index in [9.17, 15) is 0 Å². The molecule has 2 heterocycles. The van der Waals surface area contributed by atoms with Crippen LogP contribution in [0.2, 0.25) is 0 Å². The van der Waals surface area contributed by atoms with Crippen molar-refractivity contribution in [2.24, 2.45) is 10.2 Å². The Morgan fingerprint density at radius 2 is 2.67 bits per heavy atom. The minimum atomic E-state index is 0.360. The van der Waals surface area contributed by atoms with Crippen LogP contribution in [0.3, 0.4) is 0 Å². The zero-order valence-corrected chi connectivity index (χ0v) is 5.08. The summed E-state index contributed by atoms with van der Waals surface area (Å²) in [7, 11) is 0. The van der Waals surface area contributed by atoms with Gasteiger partial charge in [0.15, 0.2) is 0 Å². The Kier molecular flexibility index (Phi) is 1.09. The van der Waals surface area contributed by atoms with Gasteiger partial charge >= 0.3 is 0 Å². The highest BCUT2D eigenvalue weighted by Gasteiger charge is 2.21. The molecule has 0 aromatic carbocycles. The molecule has 0 aromatic rings. The van der Waals surface area contributed by atoms with E-state index in [0.717, 1.165) is 19.6 Å². The zero-order valence-electron chi connectivity index (χ0n) is 5.08. The Labute approximate surface area is 53.4 Å². The van der Waals surface area contributed by atoms with E-state index in [1.165, 1.54) is 5.57 Å². The SMILES string of the molecule is C1=C2COCC[C@@H]2N=N1. The predicted molar refractivity (Wildman–Crippen MR) is 32.2 cm³/mol. The molecule has 1 saturated heterocycles. The van der Waals surface area contributed by atoms with Gasteiger partial charge in [-0.15, -0.1) is 0 Å². The molecule has 0 saturated carbocycles. The molecule has 2 rings (SSSR count). The van der Waals surface area contributed by atoms with E-state index in [1.807, 2.05) is 6.20 Å². The van der Waals surface area contributed by atoms with Gasteiger partial charge in [0.2, 0.25) is 0 Å². The normalized spacial score (nSPS) is 32.0. The third kappa shape index (κ3) is 0.772. The smallest absolute Gasteiger partial charge is 0.0984 e. The Morgan fingerprint density at radius 3 is 3.56 bits per heavy atom. The molecule has 0 aliphatic carbocycles. The summed E-state index contributed by atoms with van der Waals surface area (Å²) in [6, 6.07) is 0.360. The van der Waals surface area contributed by atoms with Gasteiger partial charge in [-0.3, -0.25) is 0 Å². The number of fused-ring (bicyclic) bond motifs is 1. The molecule has 9 heavy (non-hydrogen) atoms. The lowest BCUT2D eigenvalue weighted by Gasteiger charge is -2.16. The van der Waals surface area contributed by atoms with Crippen LogP contribution >= 0.6 is 0 Å². The van der Waals surface area contributed by atoms with Crippen LogP contribution < -0.4 is 0 Å². The summed E-state index contributed by atoms with van der Waals surface area (Å²) in [6.07, 6.45) is 2.82. The summed E-state index contributed by atoms with van der Waals surface area (Å²) in [6.45, 7) is 1.57. The van der Waals surface area contributed by atoms with E-state index < -0.39 is 0 Å². The fraction of sp³-hybridized carbons (Fsp3) is 0.667. The van der Waals surface area contributed by atoms with Gasteiger partial charge in [-0.05, 0) is 6.42 Å². The maximum atomic E-state index is 5.20. The van der Waals surface area contributed by atoms with Crippen molar-refractivity contribution in [1.29, 1.82) is 0 Å². The molecule has 0 radical (unpaired) electrons. The molecule has 0 aromatic heterocycles. The molecule has 0 unspecified atom stereocenters. The van der Waals surface area contributed by atoms with E-state index in [2.05, 4.69) is 10.2 Å². The maximum Gasteiger partial charge on any atom is 0.0984 e. The van der Waals surface area contributed by atoms with Crippen molar-refractivity contribution < 1.29 is 4.74 Å². The number of azo groups is 1. The molecule has 1 atom stereocenters. The van der Waals surface area contributed by atoms with Crippen LogP contribution in [0, 0.1) is 0 Å². The van der Waals surface area contributed by atoms with Gasteiger partial charge in [0.1, 0.15) is 0 Å². The quantitative estimate of drug-likeness (QED) is 0.476. The Bertz CT molecular complexity index is 174. The number of ether oxygens (including phenoxy) is 1. The van der Waals surface area contributed by atoms with Crippen molar-refractivity contribution in [3.8, 4) is 0 Å². The van der Waals surface area contributed by atoms with Crippen LogP contribution in [0.5, 0.6) is 0 Å². The standard InChI is InChI=1S/C6H8N2O/c1-2-9-4-5-3-7-8-6(1)5/h3,6H,1-2,4H2/t6-/m0/s1. The Hall–Kier alpha value is -0.700. The molecule has 0 bridgehead atoms. The van der Waals surface area contributed by atoms with Crippen LogP contribution in [0.25, 0.3) is 0 Å². The number of rotatable bonds is 0. The van der Waals surface area contributed by atoms with Crippen LogP contribution in [0.1, 0.15) is 6.42 Å². The topological polar surface area (TPSA) is 34.0 Å². The van der Waals surface area contributed by atoms with Crippen molar-refractivity contribution in [3.63, 3.8) is 0 Å². The highest BCUT2D eigenvalue weighted by Crippen LogP contribution is 2.21. The second-order valence-corrected chi connectivity index (χ2v) is 2.29.